The Kier molecular flexibility index (Phi) is 4.72. The molecule has 4 rings (SSSR count). The predicted molar refractivity (Wildman–Crippen MR) is 94.0 cm³/mol. The highest BCUT2D eigenvalue weighted by molar-refractivity contribution is 5.94. The van der Waals surface area contributed by atoms with Gasteiger partial charge in [-0.25, -0.2) is 4.98 Å². The first kappa shape index (κ1) is 18.0. The Balaban J connectivity index is 1.52. The number of pyridine rings is 1. The maximum atomic E-state index is 12.6. The smallest absolute Gasteiger partial charge is 0.315 e. The average Bonchev–Trinajstić information content (AvgIpc) is 3.35. The van der Waals surface area contributed by atoms with E-state index in [2.05, 4.69) is 25.0 Å². The van der Waals surface area contributed by atoms with Crippen molar-refractivity contribution in [1.82, 2.24) is 20.4 Å². The Morgan fingerprint density at radius 2 is 2.18 bits per heavy atom. The molecule has 2 aromatic heterocycles. The van der Waals surface area contributed by atoms with Crippen LogP contribution in [0.1, 0.15) is 46.3 Å². The number of ether oxygens (including phenoxy) is 1. The number of methoxy groups -OCH3 is 1. The van der Waals surface area contributed by atoms with Gasteiger partial charge in [0.2, 0.25) is 11.7 Å². The summed E-state index contributed by atoms with van der Waals surface area (Å²) in [5.74, 6) is -0.433. The van der Waals surface area contributed by atoms with Crippen LogP contribution in [0.5, 0.6) is 5.88 Å². The molecular formula is C19H16F2N4O3. The number of nitrogens with zero attached hydrogens (tertiary/aromatic N) is 3. The Hall–Kier alpha value is -3.36. The fraction of sp³-hybridized carbons (Fsp3) is 0.263. The number of benzene rings is 1. The van der Waals surface area contributed by atoms with E-state index >= 15 is 0 Å². The summed E-state index contributed by atoms with van der Waals surface area (Å²) in [6, 6.07) is 8.49. The summed E-state index contributed by atoms with van der Waals surface area (Å²) in [4.78, 5) is 20.2. The van der Waals surface area contributed by atoms with Crippen LogP contribution in [0.4, 0.5) is 8.78 Å². The molecule has 3 aromatic rings. The molecule has 0 fully saturated rings. The van der Waals surface area contributed by atoms with Crippen LogP contribution in [0, 0.1) is 0 Å². The van der Waals surface area contributed by atoms with Crippen LogP contribution in [0.2, 0.25) is 0 Å². The second-order valence-corrected chi connectivity index (χ2v) is 6.32. The van der Waals surface area contributed by atoms with E-state index in [0.29, 0.717) is 17.0 Å². The molecule has 1 aromatic carbocycles. The van der Waals surface area contributed by atoms with Crippen LogP contribution >= 0.6 is 0 Å². The molecule has 1 atom stereocenters. The minimum atomic E-state index is -2.80. The van der Waals surface area contributed by atoms with Crippen molar-refractivity contribution in [3.8, 4) is 17.3 Å². The zero-order chi connectivity index (χ0) is 19.7. The molecule has 7 nitrogen and oxygen atoms in total. The molecule has 2 heterocycles. The minimum absolute atomic E-state index is 0.120. The number of carbonyl (C=O) groups excluding carboxylic acids is 1. The van der Waals surface area contributed by atoms with Gasteiger partial charge in [-0.3, -0.25) is 4.79 Å². The largest absolute Gasteiger partial charge is 0.481 e. The number of rotatable bonds is 5. The molecule has 1 amide bonds. The molecule has 0 saturated heterocycles. The lowest BCUT2D eigenvalue weighted by molar-refractivity contribution is 0.0936. The van der Waals surface area contributed by atoms with Crippen molar-refractivity contribution in [3.05, 3.63) is 59.1 Å². The highest BCUT2D eigenvalue weighted by atomic mass is 19.3. The molecule has 144 valence electrons. The molecule has 0 spiro atoms. The molecule has 1 aliphatic rings. The minimum Gasteiger partial charge on any atom is -0.481 e. The number of aromatic nitrogens is 3. The lowest BCUT2D eigenvalue weighted by Gasteiger charge is -2.14. The third kappa shape index (κ3) is 3.42. The first-order valence-corrected chi connectivity index (χ1v) is 8.61. The third-order valence-corrected chi connectivity index (χ3v) is 4.62. The zero-order valence-electron chi connectivity index (χ0n) is 14.9. The van der Waals surface area contributed by atoms with Gasteiger partial charge in [0.05, 0.1) is 13.2 Å². The molecule has 0 saturated carbocycles. The Morgan fingerprint density at radius 1 is 1.32 bits per heavy atom. The zero-order valence-corrected chi connectivity index (χ0v) is 14.9. The fourth-order valence-electron chi connectivity index (χ4n) is 3.25. The third-order valence-electron chi connectivity index (χ3n) is 4.62. The van der Waals surface area contributed by atoms with Gasteiger partial charge in [-0.1, -0.05) is 17.3 Å². The van der Waals surface area contributed by atoms with Crippen molar-refractivity contribution in [2.75, 3.05) is 7.11 Å². The van der Waals surface area contributed by atoms with E-state index in [-0.39, 0.29) is 17.8 Å². The highest BCUT2D eigenvalue weighted by Gasteiger charge is 2.26. The summed E-state index contributed by atoms with van der Waals surface area (Å²) < 4.78 is 34.9. The summed E-state index contributed by atoms with van der Waals surface area (Å²) in [5.41, 5.74) is 3.05. The quantitative estimate of drug-likeness (QED) is 0.722. The van der Waals surface area contributed by atoms with E-state index < -0.39 is 12.3 Å². The van der Waals surface area contributed by atoms with Crippen LogP contribution in [0.3, 0.4) is 0 Å². The first-order valence-electron chi connectivity index (χ1n) is 8.61. The number of carbonyl (C=O) groups is 1. The van der Waals surface area contributed by atoms with Gasteiger partial charge in [0.15, 0.2) is 0 Å². The summed E-state index contributed by atoms with van der Waals surface area (Å²) in [5, 5.41) is 6.61. The van der Waals surface area contributed by atoms with E-state index in [1.165, 1.54) is 13.3 Å². The predicted octanol–water partition coefficient (Wildman–Crippen LogP) is 3.50. The van der Waals surface area contributed by atoms with E-state index in [1.807, 2.05) is 12.1 Å². The molecule has 28 heavy (non-hydrogen) atoms. The van der Waals surface area contributed by atoms with Crippen molar-refractivity contribution in [2.45, 2.75) is 25.3 Å². The van der Waals surface area contributed by atoms with Gasteiger partial charge >= 0.3 is 6.43 Å². The van der Waals surface area contributed by atoms with Gasteiger partial charge in [-0.05, 0) is 36.1 Å². The van der Waals surface area contributed by atoms with E-state index in [4.69, 9.17) is 4.74 Å². The van der Waals surface area contributed by atoms with Gasteiger partial charge < -0.3 is 14.6 Å². The number of aryl methyl sites for hydroxylation is 1. The average molecular weight is 386 g/mol. The van der Waals surface area contributed by atoms with Gasteiger partial charge in [0, 0.05) is 23.4 Å². The summed E-state index contributed by atoms with van der Waals surface area (Å²) in [7, 11) is 1.49. The molecule has 0 bridgehead atoms. The highest BCUT2D eigenvalue weighted by Crippen LogP contribution is 2.34. The molecule has 0 aliphatic heterocycles. The molecule has 1 unspecified atom stereocenters. The van der Waals surface area contributed by atoms with Crippen LogP contribution in [0.15, 0.2) is 41.1 Å². The van der Waals surface area contributed by atoms with Crippen molar-refractivity contribution in [2.24, 2.45) is 0 Å². The van der Waals surface area contributed by atoms with Crippen molar-refractivity contribution in [1.29, 1.82) is 0 Å². The fourth-order valence-corrected chi connectivity index (χ4v) is 3.25. The number of fused-ring (bicyclic) bond motifs is 1. The van der Waals surface area contributed by atoms with Crippen LogP contribution in [-0.4, -0.2) is 28.1 Å². The molecular weight excluding hydrogens is 370 g/mol. The van der Waals surface area contributed by atoms with Crippen LogP contribution in [0.25, 0.3) is 11.4 Å². The second kappa shape index (κ2) is 7.34. The Morgan fingerprint density at radius 3 is 2.93 bits per heavy atom. The van der Waals surface area contributed by atoms with Crippen molar-refractivity contribution >= 4 is 5.91 Å². The SMILES string of the molecule is COc1cc(C(=O)NC2CCc3cc(-c4noc(C(F)F)n4)ccc32)ccn1. The first-order chi connectivity index (χ1) is 13.5. The Bertz CT molecular complexity index is 1020. The van der Waals surface area contributed by atoms with E-state index in [1.54, 1.807) is 18.2 Å². The molecule has 0 radical (unpaired) electrons. The number of halogens is 2. The van der Waals surface area contributed by atoms with Gasteiger partial charge in [-0.15, -0.1) is 0 Å². The number of hydrogen-bond acceptors (Lipinski definition) is 6. The van der Waals surface area contributed by atoms with E-state index in [9.17, 15) is 13.6 Å². The van der Waals surface area contributed by atoms with Gasteiger partial charge in [0.1, 0.15) is 0 Å². The number of alkyl halides is 2. The lowest BCUT2D eigenvalue weighted by Crippen LogP contribution is -2.27. The van der Waals surface area contributed by atoms with Gasteiger partial charge in [0.25, 0.3) is 11.8 Å². The number of amides is 1. The van der Waals surface area contributed by atoms with E-state index in [0.717, 1.165) is 24.0 Å². The molecule has 1 aliphatic carbocycles. The number of nitrogens with one attached hydrogen (secondary N) is 1. The maximum absolute atomic E-state index is 12.6. The Labute approximate surface area is 158 Å². The normalized spacial score (nSPS) is 15.5. The standard InChI is InChI=1S/C19H16F2N4O3/c1-27-15-9-12(6-7-22-15)18(26)23-14-5-3-10-8-11(2-4-13(10)14)17-24-19(16(20)21)28-25-17/h2,4,6-9,14,16H,3,5H2,1H3,(H,23,26). The van der Waals surface area contributed by atoms with Crippen molar-refractivity contribution < 1.29 is 22.8 Å². The topological polar surface area (TPSA) is 90.1 Å². The second-order valence-electron chi connectivity index (χ2n) is 6.32. The van der Waals surface area contributed by atoms with Crippen molar-refractivity contribution in [3.63, 3.8) is 0 Å². The monoisotopic (exact) mass is 386 g/mol. The summed E-state index contributed by atoms with van der Waals surface area (Å²) in [6.07, 6.45) is 0.192. The van der Waals surface area contributed by atoms with Crippen LogP contribution < -0.4 is 10.1 Å². The molecule has 9 heteroatoms. The number of hydrogen-bond donors (Lipinski definition) is 1. The summed E-state index contributed by atoms with van der Waals surface area (Å²) >= 11 is 0. The molecule has 1 N–H and O–H groups in total. The summed E-state index contributed by atoms with van der Waals surface area (Å²) in [6.45, 7) is 0. The lowest BCUT2D eigenvalue weighted by atomic mass is 10.0. The maximum Gasteiger partial charge on any atom is 0.315 e. The van der Waals surface area contributed by atoms with Gasteiger partial charge in [-0.2, -0.15) is 13.8 Å². The van der Waals surface area contributed by atoms with Crippen LogP contribution in [-0.2, 0) is 6.42 Å².